The second kappa shape index (κ2) is 5.89. The quantitative estimate of drug-likeness (QED) is 0.777. The van der Waals surface area contributed by atoms with Gasteiger partial charge in [-0.15, -0.1) is 0 Å². The standard InChI is InChI=1S/C13H21NO/c1-3-15-11-13(2,14)10-9-12-7-5-4-6-8-12/h4-8H,3,9-11,14H2,1-2H3. The fraction of sp³-hybridized carbons (Fsp3) is 0.538. The molecular formula is C13H21NO. The lowest BCUT2D eigenvalue weighted by molar-refractivity contribution is 0.0978. The number of ether oxygens (including phenoxy) is 1. The summed E-state index contributed by atoms with van der Waals surface area (Å²) in [5, 5.41) is 0. The molecule has 1 rings (SSSR count). The van der Waals surface area contributed by atoms with Gasteiger partial charge in [-0.25, -0.2) is 0 Å². The fourth-order valence-corrected chi connectivity index (χ4v) is 1.48. The van der Waals surface area contributed by atoms with Gasteiger partial charge in [0.2, 0.25) is 0 Å². The Morgan fingerprint density at radius 2 is 1.93 bits per heavy atom. The highest BCUT2D eigenvalue weighted by Gasteiger charge is 2.17. The van der Waals surface area contributed by atoms with Gasteiger partial charge in [0.1, 0.15) is 0 Å². The van der Waals surface area contributed by atoms with Gasteiger partial charge < -0.3 is 10.5 Å². The van der Waals surface area contributed by atoms with Crippen molar-refractivity contribution in [1.82, 2.24) is 0 Å². The van der Waals surface area contributed by atoms with Gasteiger partial charge in [0.25, 0.3) is 0 Å². The smallest absolute Gasteiger partial charge is 0.0643 e. The number of benzene rings is 1. The van der Waals surface area contributed by atoms with E-state index in [1.807, 2.05) is 19.9 Å². The van der Waals surface area contributed by atoms with E-state index in [-0.39, 0.29) is 5.54 Å². The summed E-state index contributed by atoms with van der Waals surface area (Å²) in [5.74, 6) is 0. The number of nitrogens with two attached hydrogens (primary N) is 1. The van der Waals surface area contributed by atoms with E-state index in [9.17, 15) is 0 Å². The summed E-state index contributed by atoms with van der Waals surface area (Å²) in [5.41, 5.74) is 7.25. The topological polar surface area (TPSA) is 35.2 Å². The van der Waals surface area contributed by atoms with Crippen molar-refractivity contribution in [2.75, 3.05) is 13.2 Å². The van der Waals surface area contributed by atoms with E-state index < -0.39 is 0 Å². The normalized spacial score (nSPS) is 14.9. The van der Waals surface area contributed by atoms with Crippen LogP contribution in [0.3, 0.4) is 0 Å². The third kappa shape index (κ3) is 4.96. The van der Waals surface area contributed by atoms with Crippen molar-refractivity contribution < 1.29 is 4.74 Å². The van der Waals surface area contributed by atoms with E-state index in [0.717, 1.165) is 19.4 Å². The average Bonchev–Trinajstić information content (AvgIpc) is 2.25. The molecule has 2 heteroatoms. The minimum atomic E-state index is -0.216. The molecule has 0 fully saturated rings. The van der Waals surface area contributed by atoms with Crippen LogP contribution in [-0.4, -0.2) is 18.8 Å². The van der Waals surface area contributed by atoms with Crippen molar-refractivity contribution in [3.8, 4) is 0 Å². The van der Waals surface area contributed by atoms with Gasteiger partial charge in [0.15, 0.2) is 0 Å². The number of hydrogen-bond donors (Lipinski definition) is 1. The molecule has 0 aliphatic carbocycles. The van der Waals surface area contributed by atoms with E-state index in [0.29, 0.717) is 6.61 Å². The Bertz CT molecular complexity index is 269. The molecule has 0 bridgehead atoms. The second-order valence-electron chi connectivity index (χ2n) is 4.28. The molecule has 1 aromatic carbocycles. The fourth-order valence-electron chi connectivity index (χ4n) is 1.48. The van der Waals surface area contributed by atoms with Crippen LogP contribution in [-0.2, 0) is 11.2 Å². The molecule has 2 nitrogen and oxygen atoms in total. The Balaban J connectivity index is 2.35. The number of aryl methyl sites for hydroxylation is 1. The minimum Gasteiger partial charge on any atom is -0.380 e. The van der Waals surface area contributed by atoms with Gasteiger partial charge in [-0.3, -0.25) is 0 Å². The average molecular weight is 207 g/mol. The Labute approximate surface area is 92.4 Å². The van der Waals surface area contributed by atoms with Crippen molar-refractivity contribution in [3.63, 3.8) is 0 Å². The summed E-state index contributed by atoms with van der Waals surface area (Å²) >= 11 is 0. The van der Waals surface area contributed by atoms with E-state index in [2.05, 4.69) is 24.3 Å². The van der Waals surface area contributed by atoms with Crippen LogP contribution in [0.5, 0.6) is 0 Å². The molecule has 0 aliphatic heterocycles. The highest BCUT2D eigenvalue weighted by molar-refractivity contribution is 5.15. The second-order valence-corrected chi connectivity index (χ2v) is 4.28. The molecule has 2 N–H and O–H groups in total. The van der Waals surface area contributed by atoms with Crippen LogP contribution in [0.1, 0.15) is 25.8 Å². The van der Waals surface area contributed by atoms with Gasteiger partial charge in [-0.05, 0) is 32.3 Å². The molecule has 0 spiro atoms. The lowest BCUT2D eigenvalue weighted by atomic mass is 9.95. The third-order valence-corrected chi connectivity index (χ3v) is 2.46. The zero-order valence-corrected chi connectivity index (χ0v) is 9.70. The lowest BCUT2D eigenvalue weighted by Crippen LogP contribution is -2.41. The van der Waals surface area contributed by atoms with Gasteiger partial charge in [-0.1, -0.05) is 30.3 Å². The molecular weight excluding hydrogens is 186 g/mol. The summed E-state index contributed by atoms with van der Waals surface area (Å²) in [7, 11) is 0. The number of rotatable bonds is 6. The maximum atomic E-state index is 6.13. The zero-order chi connectivity index (χ0) is 11.1. The van der Waals surface area contributed by atoms with Crippen LogP contribution in [0.15, 0.2) is 30.3 Å². The molecule has 0 heterocycles. The Hall–Kier alpha value is -0.860. The van der Waals surface area contributed by atoms with Crippen molar-refractivity contribution in [2.45, 2.75) is 32.2 Å². The third-order valence-electron chi connectivity index (χ3n) is 2.46. The largest absolute Gasteiger partial charge is 0.380 e. The Kier molecular flexibility index (Phi) is 4.79. The van der Waals surface area contributed by atoms with E-state index >= 15 is 0 Å². The molecule has 0 aromatic heterocycles. The summed E-state index contributed by atoms with van der Waals surface area (Å²) in [6, 6.07) is 10.4. The van der Waals surface area contributed by atoms with Gasteiger partial charge in [0, 0.05) is 12.1 Å². The first-order valence-corrected chi connectivity index (χ1v) is 5.54. The number of hydrogen-bond acceptors (Lipinski definition) is 2. The minimum absolute atomic E-state index is 0.216. The van der Waals surface area contributed by atoms with Crippen LogP contribution in [0.4, 0.5) is 0 Å². The summed E-state index contributed by atoms with van der Waals surface area (Å²) in [6.07, 6.45) is 1.97. The van der Waals surface area contributed by atoms with E-state index in [1.54, 1.807) is 0 Å². The first-order valence-electron chi connectivity index (χ1n) is 5.54. The molecule has 0 aliphatic rings. The van der Waals surface area contributed by atoms with Crippen molar-refractivity contribution in [3.05, 3.63) is 35.9 Å². The van der Waals surface area contributed by atoms with Crippen molar-refractivity contribution >= 4 is 0 Å². The molecule has 0 saturated carbocycles. The van der Waals surface area contributed by atoms with Crippen LogP contribution in [0, 0.1) is 0 Å². The van der Waals surface area contributed by atoms with Crippen LogP contribution in [0.2, 0.25) is 0 Å². The summed E-state index contributed by atoms with van der Waals surface area (Å²) < 4.78 is 5.36. The van der Waals surface area contributed by atoms with Gasteiger partial charge >= 0.3 is 0 Å². The monoisotopic (exact) mass is 207 g/mol. The summed E-state index contributed by atoms with van der Waals surface area (Å²) in [6.45, 7) is 5.41. The first-order chi connectivity index (χ1) is 7.14. The van der Waals surface area contributed by atoms with Gasteiger partial charge in [0.05, 0.1) is 6.61 Å². The SMILES string of the molecule is CCOCC(C)(N)CCc1ccccc1. The Morgan fingerprint density at radius 1 is 1.27 bits per heavy atom. The Morgan fingerprint density at radius 3 is 2.53 bits per heavy atom. The first kappa shape index (κ1) is 12.2. The predicted octanol–water partition coefficient (Wildman–Crippen LogP) is 2.37. The highest BCUT2D eigenvalue weighted by atomic mass is 16.5. The summed E-state index contributed by atoms with van der Waals surface area (Å²) in [4.78, 5) is 0. The van der Waals surface area contributed by atoms with Crippen LogP contribution < -0.4 is 5.73 Å². The molecule has 1 unspecified atom stereocenters. The molecule has 0 radical (unpaired) electrons. The molecule has 1 aromatic rings. The maximum absolute atomic E-state index is 6.13. The van der Waals surface area contributed by atoms with E-state index in [1.165, 1.54) is 5.56 Å². The molecule has 15 heavy (non-hydrogen) atoms. The van der Waals surface area contributed by atoms with Crippen molar-refractivity contribution in [1.29, 1.82) is 0 Å². The lowest BCUT2D eigenvalue weighted by Gasteiger charge is -2.24. The molecule has 84 valence electrons. The zero-order valence-electron chi connectivity index (χ0n) is 9.70. The van der Waals surface area contributed by atoms with Crippen molar-refractivity contribution in [2.24, 2.45) is 5.73 Å². The molecule has 0 saturated heterocycles. The molecule has 0 amide bonds. The van der Waals surface area contributed by atoms with E-state index in [4.69, 9.17) is 10.5 Å². The highest BCUT2D eigenvalue weighted by Crippen LogP contribution is 2.11. The molecule has 1 atom stereocenters. The maximum Gasteiger partial charge on any atom is 0.0643 e. The predicted molar refractivity (Wildman–Crippen MR) is 63.8 cm³/mol. The van der Waals surface area contributed by atoms with Gasteiger partial charge in [-0.2, -0.15) is 0 Å². The van der Waals surface area contributed by atoms with Crippen LogP contribution >= 0.6 is 0 Å². The van der Waals surface area contributed by atoms with Crippen LogP contribution in [0.25, 0.3) is 0 Å².